The van der Waals surface area contributed by atoms with Crippen molar-refractivity contribution in [3.63, 3.8) is 0 Å². The molecule has 0 bridgehead atoms. The van der Waals surface area contributed by atoms with Gasteiger partial charge in [-0.2, -0.15) is 132 Å². The number of ether oxygens (including phenoxy) is 4. The van der Waals surface area contributed by atoms with Gasteiger partial charge in [0.2, 0.25) is 11.5 Å². The predicted molar refractivity (Wildman–Crippen MR) is 335 cm³/mol. The van der Waals surface area contributed by atoms with Crippen molar-refractivity contribution < 1.29 is 188 Å². The number of carbonyl (C=O) groups is 2. The lowest BCUT2D eigenvalue weighted by Crippen LogP contribution is -2.67. The molecule has 0 atom stereocenters. The summed E-state index contributed by atoms with van der Waals surface area (Å²) in [6.45, 7) is -2.12. The number of allylic oxidation sites excluding steroid dienone is 4. The molecule has 116 heavy (non-hydrogen) atoms. The van der Waals surface area contributed by atoms with Crippen molar-refractivity contribution in [2.24, 2.45) is 0 Å². The van der Waals surface area contributed by atoms with Crippen molar-refractivity contribution in [3.8, 4) is 22.6 Å². The number of esters is 2. The smallest absolute Gasteiger partial charge is 0.449 e. The maximum Gasteiger partial charge on any atom is 0.449 e. The average Bonchev–Trinajstić information content (AvgIpc) is 0.697. The Hall–Kier alpha value is -11.1. The summed E-state index contributed by atoms with van der Waals surface area (Å²) in [5.74, 6) is -16.2. The SMILES string of the molecule is O=C(OCc1ccc(N(c2ccc(CO)cc2)c2ccc(-c3ccc(N(c4ccc(CO)cc4)c4ccc(COC(=O)c5ccc(OC(=C(C(F)(C(F)(F)F)C(F)(F)F)C(F)(C(F)(F)F)C(F)(F)F)C(F)(F)F)cc5)cc4)cc3)cc2)cc1)c1ccc(OC(=C(C(F)(C(F)(F)F)C(F)(F)F)C(F)(C(F)(F)F)C(F)(F)F)C(F)(F)F)cc1. The first-order valence-electron chi connectivity index (χ1n) is 31.3. The largest absolute Gasteiger partial charge is 0.457 e. The highest BCUT2D eigenvalue weighted by atomic mass is 19.5. The second-order valence-electron chi connectivity index (χ2n) is 24.2. The molecule has 0 aliphatic heterocycles. The Morgan fingerprint density at radius 1 is 0.259 bits per heavy atom. The van der Waals surface area contributed by atoms with Gasteiger partial charge in [0.15, 0.2) is 0 Å². The molecule has 0 aromatic heterocycles. The highest BCUT2D eigenvalue weighted by molar-refractivity contribution is 5.90. The van der Waals surface area contributed by atoms with Crippen molar-refractivity contribution >= 4 is 46.1 Å². The third kappa shape index (κ3) is 18.1. The third-order valence-electron chi connectivity index (χ3n) is 16.6. The van der Waals surface area contributed by atoms with E-state index < -0.39 is 155 Å². The van der Waals surface area contributed by atoms with Crippen LogP contribution in [0.3, 0.4) is 0 Å². The molecule has 0 radical (unpaired) electrons. The van der Waals surface area contributed by atoms with Gasteiger partial charge in [-0.25, -0.2) is 27.2 Å². The first-order chi connectivity index (χ1) is 53.1. The van der Waals surface area contributed by atoms with Crippen LogP contribution in [0, 0.1) is 0 Å². The third-order valence-corrected chi connectivity index (χ3v) is 16.6. The number of halogens is 34. The average molecular weight is 1710 g/mol. The van der Waals surface area contributed by atoms with E-state index in [1.165, 1.54) is 48.5 Å². The van der Waals surface area contributed by atoms with Crippen LogP contribution in [0.25, 0.3) is 11.1 Å². The highest BCUT2D eigenvalue weighted by Gasteiger charge is 2.90. The molecule has 0 spiro atoms. The zero-order valence-corrected chi connectivity index (χ0v) is 56.4. The van der Waals surface area contributed by atoms with E-state index >= 15 is 17.6 Å². The topological polar surface area (TPSA) is 118 Å². The zero-order chi connectivity index (χ0) is 87.1. The van der Waals surface area contributed by atoms with Crippen molar-refractivity contribution in [1.29, 1.82) is 0 Å². The lowest BCUT2D eigenvalue weighted by atomic mass is 9.79. The molecule has 0 saturated heterocycles. The molecule has 0 saturated carbocycles. The molecule has 8 aromatic rings. The summed E-state index contributed by atoms with van der Waals surface area (Å²) >= 11 is 0. The van der Waals surface area contributed by atoms with Gasteiger partial charge in [-0.15, -0.1) is 0 Å². The molecular formula is C72H42F34N2O8. The molecular weight excluding hydrogens is 1670 g/mol. The monoisotopic (exact) mass is 1710 g/mol. The van der Waals surface area contributed by atoms with Gasteiger partial charge in [0.05, 0.1) is 35.5 Å². The van der Waals surface area contributed by atoms with Gasteiger partial charge in [-0.05, 0) is 155 Å². The van der Waals surface area contributed by atoms with Crippen molar-refractivity contribution in [3.05, 3.63) is 250 Å². The maximum absolute atomic E-state index is 15.2. The molecule has 8 rings (SSSR count). The minimum Gasteiger partial charge on any atom is -0.457 e. The minimum atomic E-state index is -8.42. The molecule has 0 amide bonds. The summed E-state index contributed by atoms with van der Waals surface area (Å²) in [6, 6.07) is 38.6. The number of hydrogen-bond donors (Lipinski definition) is 2. The molecule has 8 aromatic carbocycles. The zero-order valence-electron chi connectivity index (χ0n) is 56.4. The van der Waals surface area contributed by atoms with Gasteiger partial charge < -0.3 is 39.0 Å². The Labute approximate surface area is 626 Å². The molecule has 2 N–H and O–H groups in total. The summed E-state index contributed by atoms with van der Waals surface area (Å²) in [4.78, 5) is 29.5. The van der Waals surface area contributed by atoms with Crippen molar-refractivity contribution in [1.82, 2.24) is 0 Å². The number of hydrogen-bond acceptors (Lipinski definition) is 10. The number of alkyl halides is 34. The number of aliphatic hydroxyl groups excluding tert-OH is 2. The van der Waals surface area contributed by atoms with E-state index in [1.54, 1.807) is 107 Å². The van der Waals surface area contributed by atoms with Crippen LogP contribution >= 0.6 is 0 Å². The molecule has 0 unspecified atom stereocenters. The standard InChI is InChI=1S/C72H42F34N2O8/c73-59(65(83,84)85,66(86,87)88)53(60(74,67(89,90)91)68(92,93)94)55(63(77,78)79)115-51-29-13-43(14-30-51)57(111)113-35-39-5-21-47(22-6-39)107(45-17-1-37(33-109)2-18-45)49-25-9-41(10-26-49)42-11-27-50(28-12-42)108(46-19-3-38(34-110)4-20-46)48-23-7-40(8-24-48)36-114-58(112)44-15-31-52(32-16-44)116-56(64(80,81)82)54(61(75,69(95,96)97)70(98,99)100)62(76,71(101,102)103)72(104,105)106/h1-32,109-110H,33-36H2. The lowest BCUT2D eigenvalue weighted by Gasteiger charge is -2.41. The fraction of sp³-hybridized carbons (Fsp3) is 0.250. The first-order valence-corrected chi connectivity index (χ1v) is 31.3. The number of aliphatic hydroxyl groups is 2. The van der Waals surface area contributed by atoms with E-state index in [9.17, 15) is 152 Å². The molecule has 0 fully saturated rings. The van der Waals surface area contributed by atoms with Crippen molar-refractivity contribution in [2.75, 3.05) is 9.80 Å². The fourth-order valence-electron chi connectivity index (χ4n) is 10.9. The van der Waals surface area contributed by atoms with Gasteiger partial charge in [0.1, 0.15) is 24.7 Å². The minimum absolute atomic E-state index is 0.0486. The van der Waals surface area contributed by atoms with Crippen LogP contribution in [-0.4, -0.2) is 107 Å². The highest BCUT2D eigenvalue weighted by Crippen LogP contribution is 2.65. The normalized spacial score (nSPS) is 13.4. The van der Waals surface area contributed by atoms with E-state index in [0.717, 1.165) is 0 Å². The molecule has 0 aliphatic carbocycles. The quantitative estimate of drug-likeness (QED) is 0.0364. The van der Waals surface area contributed by atoms with E-state index in [2.05, 4.69) is 9.47 Å². The van der Waals surface area contributed by atoms with Crippen LogP contribution in [0.1, 0.15) is 43.0 Å². The summed E-state index contributed by atoms with van der Waals surface area (Å²) < 4.78 is 493. The van der Waals surface area contributed by atoms with Gasteiger partial charge in [0.25, 0.3) is 0 Å². The summed E-state index contributed by atoms with van der Waals surface area (Å²) in [6.07, 6.45) is -80.8. The first kappa shape index (κ1) is 90.5. The van der Waals surface area contributed by atoms with E-state index in [1.807, 2.05) is 0 Å². The number of anilines is 6. The second-order valence-corrected chi connectivity index (χ2v) is 24.2. The summed E-state index contributed by atoms with van der Waals surface area (Å²) in [7, 11) is 0. The summed E-state index contributed by atoms with van der Waals surface area (Å²) in [5.41, 5.74) is -41.6. The summed E-state index contributed by atoms with van der Waals surface area (Å²) in [5, 5.41) is 19.5. The molecule has 626 valence electrons. The van der Waals surface area contributed by atoms with E-state index in [-0.39, 0.29) is 72.9 Å². The van der Waals surface area contributed by atoms with Crippen molar-refractivity contribution in [2.45, 2.75) is 111 Å². The van der Waals surface area contributed by atoms with Crippen LogP contribution in [0.5, 0.6) is 11.5 Å². The van der Waals surface area contributed by atoms with Crippen LogP contribution in [-0.2, 0) is 35.9 Å². The van der Waals surface area contributed by atoms with Crippen LogP contribution < -0.4 is 19.3 Å². The van der Waals surface area contributed by atoms with Gasteiger partial charge in [0, 0.05) is 34.1 Å². The predicted octanol–water partition coefficient (Wildman–Crippen LogP) is 23.7. The van der Waals surface area contributed by atoms with E-state index in [4.69, 9.17) is 9.47 Å². The Kier molecular flexibility index (Phi) is 25.1. The fourth-order valence-corrected chi connectivity index (χ4v) is 10.9. The Morgan fingerprint density at radius 2 is 0.448 bits per heavy atom. The molecule has 10 nitrogen and oxygen atoms in total. The van der Waals surface area contributed by atoms with Gasteiger partial charge >= 0.3 is 96.4 Å². The number of carbonyl (C=O) groups excluding carboxylic acids is 2. The van der Waals surface area contributed by atoms with Gasteiger partial charge in [-0.1, -0.05) is 72.8 Å². The second kappa shape index (κ2) is 32.2. The molecule has 44 heteroatoms. The lowest BCUT2D eigenvalue weighted by molar-refractivity contribution is -0.367. The Balaban J connectivity index is 0.996. The Bertz CT molecular complexity index is 4370. The molecule has 0 aliphatic rings. The van der Waals surface area contributed by atoms with Crippen LogP contribution in [0.2, 0.25) is 0 Å². The van der Waals surface area contributed by atoms with Crippen LogP contribution in [0.4, 0.5) is 183 Å². The number of rotatable bonds is 23. The van der Waals surface area contributed by atoms with Crippen LogP contribution in [0.15, 0.2) is 217 Å². The molecule has 0 heterocycles. The maximum atomic E-state index is 15.2. The number of nitrogens with zero attached hydrogens (tertiary/aromatic N) is 2. The van der Waals surface area contributed by atoms with E-state index in [0.29, 0.717) is 56.4 Å². The number of benzene rings is 8. The Morgan fingerprint density at radius 3 is 0.629 bits per heavy atom. The van der Waals surface area contributed by atoms with Gasteiger partial charge in [-0.3, -0.25) is 0 Å².